The zero-order valence-electron chi connectivity index (χ0n) is 8.87. The number of hydrogen-bond acceptors (Lipinski definition) is 2. The van der Waals surface area contributed by atoms with Crippen LogP contribution in [-0.4, -0.2) is 18.3 Å². The van der Waals surface area contributed by atoms with Crippen LogP contribution in [0.5, 0.6) is 0 Å². The van der Waals surface area contributed by atoms with Crippen molar-refractivity contribution in [3.05, 3.63) is 35.4 Å². The molecule has 3 N–H and O–H groups in total. The molecule has 0 saturated carbocycles. The highest BCUT2D eigenvalue weighted by Gasteiger charge is 1.93. The van der Waals surface area contributed by atoms with Gasteiger partial charge in [-0.25, -0.2) is 0 Å². The van der Waals surface area contributed by atoms with Crippen LogP contribution in [0.4, 0.5) is 0 Å². The molecule has 15 heavy (non-hydrogen) atoms. The second kappa shape index (κ2) is 7.05. The second-order valence-corrected chi connectivity index (χ2v) is 3.37. The van der Waals surface area contributed by atoms with Crippen molar-refractivity contribution in [2.75, 3.05) is 13.2 Å². The Hall–Kier alpha value is -1.30. The Bertz CT molecular complexity index is 349. The van der Waals surface area contributed by atoms with Crippen molar-refractivity contribution in [1.82, 2.24) is 0 Å². The summed E-state index contributed by atoms with van der Waals surface area (Å²) in [6.07, 6.45) is 2.55. The van der Waals surface area contributed by atoms with Crippen LogP contribution in [0.25, 0.3) is 0 Å². The minimum Gasteiger partial charge on any atom is -0.395 e. The lowest BCUT2D eigenvalue weighted by molar-refractivity contribution is 0.305. The first kappa shape index (κ1) is 11.8. The highest BCUT2D eigenvalue weighted by Crippen LogP contribution is 2.06. The van der Waals surface area contributed by atoms with Crippen molar-refractivity contribution in [1.29, 1.82) is 0 Å². The van der Waals surface area contributed by atoms with Crippen LogP contribution in [0.15, 0.2) is 24.3 Å². The summed E-state index contributed by atoms with van der Waals surface area (Å²) in [5, 5.41) is 8.60. The summed E-state index contributed by atoms with van der Waals surface area (Å²) >= 11 is 0. The normalized spacial score (nSPS) is 9.47. The molecule has 0 atom stereocenters. The van der Waals surface area contributed by atoms with E-state index in [-0.39, 0.29) is 6.61 Å². The molecule has 0 fully saturated rings. The van der Waals surface area contributed by atoms with Crippen molar-refractivity contribution in [3.8, 4) is 11.8 Å². The van der Waals surface area contributed by atoms with Gasteiger partial charge in [-0.3, -0.25) is 0 Å². The third kappa shape index (κ3) is 4.64. The molecule has 0 aliphatic rings. The molecule has 1 rings (SSSR count). The standard InChI is InChI=1S/C13H17NO/c14-9-4-8-13-7-3-6-12(11-13)5-1-2-10-15/h3,6-7,11,15H,2,4,8-10,14H2. The average Bonchev–Trinajstić information content (AvgIpc) is 2.27. The number of rotatable bonds is 4. The van der Waals surface area contributed by atoms with E-state index in [0.717, 1.165) is 24.9 Å². The van der Waals surface area contributed by atoms with Crippen molar-refractivity contribution in [2.24, 2.45) is 5.73 Å². The summed E-state index contributed by atoms with van der Waals surface area (Å²) in [6, 6.07) is 8.16. The molecule has 1 aromatic rings. The Balaban J connectivity index is 2.62. The fourth-order valence-corrected chi connectivity index (χ4v) is 1.33. The molecule has 0 saturated heterocycles. The zero-order chi connectivity index (χ0) is 10.9. The van der Waals surface area contributed by atoms with Gasteiger partial charge in [0, 0.05) is 12.0 Å². The Morgan fingerprint density at radius 1 is 1.33 bits per heavy atom. The predicted molar refractivity (Wildman–Crippen MR) is 62.4 cm³/mol. The van der Waals surface area contributed by atoms with Crippen molar-refractivity contribution in [3.63, 3.8) is 0 Å². The molecule has 0 bridgehead atoms. The molecule has 2 nitrogen and oxygen atoms in total. The first-order valence-corrected chi connectivity index (χ1v) is 5.25. The Morgan fingerprint density at radius 3 is 2.93 bits per heavy atom. The predicted octanol–water partition coefficient (Wildman–Crippen LogP) is 1.31. The smallest absolute Gasteiger partial charge is 0.0540 e. The third-order valence-electron chi connectivity index (χ3n) is 2.07. The Kier molecular flexibility index (Phi) is 5.54. The lowest BCUT2D eigenvalue weighted by Crippen LogP contribution is -2.00. The minimum absolute atomic E-state index is 0.125. The SMILES string of the molecule is NCCCc1cccc(C#CCCO)c1. The van der Waals surface area contributed by atoms with Crippen molar-refractivity contribution >= 4 is 0 Å². The van der Waals surface area contributed by atoms with E-state index < -0.39 is 0 Å². The molecule has 0 amide bonds. The van der Waals surface area contributed by atoms with Crippen LogP contribution in [0.2, 0.25) is 0 Å². The molecule has 0 spiro atoms. The van der Waals surface area contributed by atoms with Gasteiger partial charge in [0.1, 0.15) is 0 Å². The lowest BCUT2D eigenvalue weighted by Gasteiger charge is -1.99. The molecular formula is C13H17NO. The summed E-state index contributed by atoms with van der Waals surface area (Å²) < 4.78 is 0. The van der Waals surface area contributed by atoms with E-state index in [1.165, 1.54) is 5.56 Å². The van der Waals surface area contributed by atoms with Gasteiger partial charge in [0.15, 0.2) is 0 Å². The minimum atomic E-state index is 0.125. The van der Waals surface area contributed by atoms with Gasteiger partial charge in [-0.1, -0.05) is 24.0 Å². The second-order valence-electron chi connectivity index (χ2n) is 3.37. The van der Waals surface area contributed by atoms with E-state index in [2.05, 4.69) is 24.0 Å². The Morgan fingerprint density at radius 2 is 2.20 bits per heavy atom. The summed E-state index contributed by atoms with van der Waals surface area (Å²) in [4.78, 5) is 0. The van der Waals surface area contributed by atoms with Gasteiger partial charge in [-0.2, -0.15) is 0 Å². The summed E-state index contributed by atoms with van der Waals surface area (Å²) in [5.74, 6) is 5.93. The number of aryl methyl sites for hydroxylation is 1. The largest absolute Gasteiger partial charge is 0.395 e. The maximum Gasteiger partial charge on any atom is 0.0540 e. The number of aliphatic hydroxyl groups is 1. The topological polar surface area (TPSA) is 46.2 Å². The van der Waals surface area contributed by atoms with Gasteiger partial charge < -0.3 is 10.8 Å². The van der Waals surface area contributed by atoms with Gasteiger partial charge >= 0.3 is 0 Å². The molecule has 1 aromatic carbocycles. The van der Waals surface area contributed by atoms with Gasteiger partial charge in [-0.05, 0) is 37.1 Å². The van der Waals surface area contributed by atoms with Crippen LogP contribution in [0, 0.1) is 11.8 Å². The van der Waals surface area contributed by atoms with E-state index in [4.69, 9.17) is 10.8 Å². The van der Waals surface area contributed by atoms with E-state index in [1.54, 1.807) is 0 Å². The molecule has 80 valence electrons. The van der Waals surface area contributed by atoms with E-state index in [1.807, 2.05) is 12.1 Å². The fraction of sp³-hybridized carbons (Fsp3) is 0.385. The van der Waals surface area contributed by atoms with Gasteiger partial charge in [0.05, 0.1) is 6.61 Å². The highest BCUT2D eigenvalue weighted by molar-refractivity contribution is 5.37. The van der Waals surface area contributed by atoms with Gasteiger partial charge in [0.25, 0.3) is 0 Å². The first-order valence-electron chi connectivity index (χ1n) is 5.25. The van der Waals surface area contributed by atoms with Gasteiger partial charge in [0.2, 0.25) is 0 Å². The monoisotopic (exact) mass is 203 g/mol. The molecule has 0 aliphatic heterocycles. The first-order chi connectivity index (χ1) is 7.36. The molecule has 0 aliphatic carbocycles. The zero-order valence-corrected chi connectivity index (χ0v) is 8.87. The molecule has 0 aromatic heterocycles. The fourth-order valence-electron chi connectivity index (χ4n) is 1.33. The average molecular weight is 203 g/mol. The summed E-state index contributed by atoms with van der Waals surface area (Å²) in [5.41, 5.74) is 7.74. The Labute approximate surface area is 91.1 Å². The maximum atomic E-state index is 8.60. The molecule has 0 unspecified atom stereocenters. The quantitative estimate of drug-likeness (QED) is 0.725. The van der Waals surface area contributed by atoms with E-state index in [9.17, 15) is 0 Å². The third-order valence-corrected chi connectivity index (χ3v) is 2.07. The number of hydrogen-bond donors (Lipinski definition) is 2. The lowest BCUT2D eigenvalue weighted by atomic mass is 10.1. The van der Waals surface area contributed by atoms with Crippen molar-refractivity contribution < 1.29 is 5.11 Å². The van der Waals surface area contributed by atoms with Crippen molar-refractivity contribution in [2.45, 2.75) is 19.3 Å². The number of aliphatic hydroxyl groups excluding tert-OH is 1. The maximum absolute atomic E-state index is 8.60. The van der Waals surface area contributed by atoms with E-state index in [0.29, 0.717) is 6.42 Å². The van der Waals surface area contributed by atoms with Crippen LogP contribution in [0.3, 0.4) is 0 Å². The van der Waals surface area contributed by atoms with Crippen LogP contribution in [0.1, 0.15) is 24.0 Å². The van der Waals surface area contributed by atoms with Gasteiger partial charge in [-0.15, -0.1) is 0 Å². The van der Waals surface area contributed by atoms with E-state index >= 15 is 0 Å². The molecule has 0 heterocycles. The highest BCUT2D eigenvalue weighted by atomic mass is 16.2. The molecule has 0 radical (unpaired) electrons. The van der Waals surface area contributed by atoms with Crippen LogP contribution in [-0.2, 0) is 6.42 Å². The summed E-state index contributed by atoms with van der Waals surface area (Å²) in [6.45, 7) is 0.848. The molecular weight excluding hydrogens is 186 g/mol. The molecule has 2 heteroatoms. The number of nitrogens with two attached hydrogens (primary N) is 1. The van der Waals surface area contributed by atoms with Crippen LogP contribution >= 0.6 is 0 Å². The number of benzene rings is 1. The van der Waals surface area contributed by atoms with Crippen LogP contribution < -0.4 is 5.73 Å². The summed E-state index contributed by atoms with van der Waals surface area (Å²) in [7, 11) is 0.